The molecule has 0 atom stereocenters. The maximum atomic E-state index is 12.6. The Morgan fingerprint density at radius 2 is 1.60 bits per heavy atom. The summed E-state index contributed by atoms with van der Waals surface area (Å²) in [5.41, 5.74) is 1.90. The Kier molecular flexibility index (Phi) is 5.23. The molecule has 1 fully saturated rings. The zero-order chi connectivity index (χ0) is 17.9. The van der Waals surface area contributed by atoms with Gasteiger partial charge in [-0.1, -0.05) is 30.3 Å². The predicted molar refractivity (Wildman–Crippen MR) is 98.3 cm³/mol. The summed E-state index contributed by atoms with van der Waals surface area (Å²) in [6.45, 7) is 1.51. The number of likely N-dealkylation sites (tertiary alicyclic amines) is 1. The minimum Gasteiger partial charge on any atom is -0.339 e. The fourth-order valence-corrected chi connectivity index (χ4v) is 3.95. The van der Waals surface area contributed by atoms with Crippen molar-refractivity contribution in [1.82, 2.24) is 4.90 Å². The van der Waals surface area contributed by atoms with Crippen molar-refractivity contribution in [3.8, 4) is 0 Å². The van der Waals surface area contributed by atoms with Crippen molar-refractivity contribution in [1.29, 1.82) is 0 Å². The van der Waals surface area contributed by atoms with Crippen molar-refractivity contribution in [2.45, 2.75) is 24.2 Å². The second-order valence-corrected chi connectivity index (χ2v) is 8.74. The van der Waals surface area contributed by atoms with E-state index in [-0.39, 0.29) is 10.8 Å². The van der Waals surface area contributed by atoms with E-state index in [1.807, 2.05) is 11.0 Å². The van der Waals surface area contributed by atoms with Gasteiger partial charge >= 0.3 is 0 Å². The standard InChI is InChI=1S/C20H23NO3S/c1-25(23,24)19-9-7-18(8-10-19)20(22)21-13-11-17(12-14-21)15-16-5-3-2-4-6-16/h2-10,17H,11-15H2,1H3. The highest BCUT2D eigenvalue weighted by Crippen LogP contribution is 2.23. The van der Waals surface area contributed by atoms with Crippen LogP contribution in [0.4, 0.5) is 0 Å². The molecule has 0 aromatic heterocycles. The second-order valence-electron chi connectivity index (χ2n) is 6.72. The molecular weight excluding hydrogens is 334 g/mol. The van der Waals surface area contributed by atoms with Crippen LogP contribution in [0.1, 0.15) is 28.8 Å². The Morgan fingerprint density at radius 1 is 1.00 bits per heavy atom. The van der Waals surface area contributed by atoms with Gasteiger partial charge in [0, 0.05) is 24.9 Å². The molecule has 1 aliphatic heterocycles. The number of nitrogens with zero attached hydrogens (tertiary/aromatic N) is 1. The van der Waals surface area contributed by atoms with Gasteiger partial charge in [-0.3, -0.25) is 4.79 Å². The monoisotopic (exact) mass is 357 g/mol. The Hall–Kier alpha value is -2.14. The number of benzene rings is 2. The third kappa shape index (κ3) is 4.48. The molecule has 0 spiro atoms. The van der Waals surface area contributed by atoms with E-state index in [4.69, 9.17) is 0 Å². The average Bonchev–Trinajstić information content (AvgIpc) is 2.62. The Balaban J connectivity index is 1.58. The van der Waals surface area contributed by atoms with Crippen LogP contribution in [-0.4, -0.2) is 38.6 Å². The average molecular weight is 357 g/mol. The van der Waals surface area contributed by atoms with Crippen molar-refractivity contribution >= 4 is 15.7 Å². The lowest BCUT2D eigenvalue weighted by atomic mass is 9.90. The van der Waals surface area contributed by atoms with Crippen molar-refractivity contribution in [3.05, 3.63) is 65.7 Å². The summed E-state index contributed by atoms with van der Waals surface area (Å²) >= 11 is 0. The lowest BCUT2D eigenvalue weighted by Gasteiger charge is -2.32. The number of rotatable bonds is 4. The highest BCUT2D eigenvalue weighted by molar-refractivity contribution is 7.90. The second kappa shape index (κ2) is 7.40. The van der Waals surface area contributed by atoms with Crippen LogP contribution >= 0.6 is 0 Å². The van der Waals surface area contributed by atoms with E-state index in [1.165, 1.54) is 24.0 Å². The molecule has 25 heavy (non-hydrogen) atoms. The first kappa shape index (κ1) is 17.7. The summed E-state index contributed by atoms with van der Waals surface area (Å²) in [5, 5.41) is 0. The number of amides is 1. The first-order chi connectivity index (χ1) is 11.9. The fraction of sp³-hybridized carbons (Fsp3) is 0.350. The van der Waals surface area contributed by atoms with E-state index in [0.717, 1.165) is 32.4 Å². The van der Waals surface area contributed by atoms with Crippen LogP contribution in [0, 0.1) is 5.92 Å². The zero-order valence-electron chi connectivity index (χ0n) is 14.4. The fourth-order valence-electron chi connectivity index (χ4n) is 3.31. The topological polar surface area (TPSA) is 54.5 Å². The van der Waals surface area contributed by atoms with Crippen molar-refractivity contribution in [3.63, 3.8) is 0 Å². The van der Waals surface area contributed by atoms with Crippen molar-refractivity contribution < 1.29 is 13.2 Å². The molecule has 2 aromatic rings. The zero-order valence-corrected chi connectivity index (χ0v) is 15.2. The van der Waals surface area contributed by atoms with E-state index >= 15 is 0 Å². The number of carbonyl (C=O) groups excluding carboxylic acids is 1. The molecule has 0 unspecified atom stereocenters. The highest BCUT2D eigenvalue weighted by atomic mass is 32.2. The van der Waals surface area contributed by atoms with Gasteiger partial charge in [-0.2, -0.15) is 0 Å². The molecule has 132 valence electrons. The molecule has 1 saturated heterocycles. The largest absolute Gasteiger partial charge is 0.339 e. The SMILES string of the molecule is CS(=O)(=O)c1ccc(C(=O)N2CCC(Cc3ccccc3)CC2)cc1. The van der Waals surface area contributed by atoms with E-state index in [1.54, 1.807) is 12.1 Å². The molecule has 2 aromatic carbocycles. The van der Waals surface area contributed by atoms with E-state index < -0.39 is 9.84 Å². The summed E-state index contributed by atoms with van der Waals surface area (Å²) in [6.07, 6.45) is 4.23. The molecule has 4 nitrogen and oxygen atoms in total. The maximum Gasteiger partial charge on any atom is 0.253 e. The third-order valence-electron chi connectivity index (χ3n) is 4.80. The minimum absolute atomic E-state index is 0.0155. The number of hydrogen-bond acceptors (Lipinski definition) is 3. The van der Waals surface area contributed by atoms with Crippen LogP contribution in [0.5, 0.6) is 0 Å². The van der Waals surface area contributed by atoms with Gasteiger partial charge in [0.1, 0.15) is 0 Å². The predicted octanol–water partition coefficient (Wildman–Crippen LogP) is 3.19. The van der Waals surface area contributed by atoms with Crippen LogP contribution in [0.3, 0.4) is 0 Å². The van der Waals surface area contributed by atoms with E-state index in [2.05, 4.69) is 24.3 Å². The Morgan fingerprint density at radius 3 is 2.16 bits per heavy atom. The summed E-state index contributed by atoms with van der Waals surface area (Å²) < 4.78 is 23.0. The van der Waals surface area contributed by atoms with E-state index in [0.29, 0.717) is 11.5 Å². The van der Waals surface area contributed by atoms with Crippen LogP contribution in [0.2, 0.25) is 0 Å². The van der Waals surface area contributed by atoms with Gasteiger partial charge in [-0.15, -0.1) is 0 Å². The van der Waals surface area contributed by atoms with Crippen molar-refractivity contribution in [2.24, 2.45) is 5.92 Å². The van der Waals surface area contributed by atoms with Crippen molar-refractivity contribution in [2.75, 3.05) is 19.3 Å². The third-order valence-corrected chi connectivity index (χ3v) is 5.93. The summed E-state index contributed by atoms with van der Waals surface area (Å²) in [5.74, 6) is 0.595. The number of piperidine rings is 1. The molecule has 1 aliphatic rings. The smallest absolute Gasteiger partial charge is 0.253 e. The maximum absolute atomic E-state index is 12.6. The lowest BCUT2D eigenvalue weighted by molar-refractivity contribution is 0.0690. The van der Waals surface area contributed by atoms with Crippen LogP contribution < -0.4 is 0 Å². The van der Waals surface area contributed by atoms with Gasteiger partial charge < -0.3 is 4.90 Å². The Labute approximate surface area is 149 Å². The van der Waals surface area contributed by atoms with Gasteiger partial charge in [-0.05, 0) is 55.0 Å². The highest BCUT2D eigenvalue weighted by Gasteiger charge is 2.24. The molecule has 0 saturated carbocycles. The first-order valence-corrected chi connectivity index (χ1v) is 10.5. The normalized spacial score (nSPS) is 16.0. The first-order valence-electron chi connectivity index (χ1n) is 8.57. The van der Waals surface area contributed by atoms with Gasteiger partial charge in [-0.25, -0.2) is 8.42 Å². The molecule has 0 N–H and O–H groups in total. The molecule has 0 radical (unpaired) electrons. The van der Waals surface area contributed by atoms with Crippen LogP contribution in [0.15, 0.2) is 59.5 Å². The molecule has 0 bridgehead atoms. The van der Waals surface area contributed by atoms with E-state index in [9.17, 15) is 13.2 Å². The van der Waals surface area contributed by atoms with Gasteiger partial charge in [0.05, 0.1) is 4.90 Å². The lowest BCUT2D eigenvalue weighted by Crippen LogP contribution is -2.38. The molecule has 5 heteroatoms. The number of carbonyl (C=O) groups is 1. The number of hydrogen-bond donors (Lipinski definition) is 0. The molecule has 0 aliphatic carbocycles. The Bertz CT molecular complexity index is 821. The van der Waals surface area contributed by atoms with Crippen LogP contribution in [0.25, 0.3) is 0 Å². The molecule has 1 amide bonds. The quantitative estimate of drug-likeness (QED) is 0.844. The molecule has 1 heterocycles. The molecular formula is C20H23NO3S. The van der Waals surface area contributed by atoms with Gasteiger partial charge in [0.25, 0.3) is 5.91 Å². The number of sulfone groups is 1. The summed E-state index contributed by atoms with van der Waals surface area (Å²) in [6, 6.07) is 16.7. The molecule has 3 rings (SSSR count). The summed E-state index contributed by atoms with van der Waals surface area (Å²) in [7, 11) is -3.23. The summed E-state index contributed by atoms with van der Waals surface area (Å²) in [4.78, 5) is 14.7. The minimum atomic E-state index is -3.23. The van der Waals surface area contributed by atoms with Gasteiger partial charge in [0.2, 0.25) is 0 Å². The van der Waals surface area contributed by atoms with Gasteiger partial charge in [0.15, 0.2) is 9.84 Å². The van der Waals surface area contributed by atoms with Crippen LogP contribution in [-0.2, 0) is 16.3 Å².